The van der Waals surface area contributed by atoms with Crippen molar-refractivity contribution in [3.8, 4) is 5.88 Å². The zero-order valence-electron chi connectivity index (χ0n) is 12.0. The Morgan fingerprint density at radius 2 is 2.09 bits per heavy atom. The van der Waals surface area contributed by atoms with E-state index in [2.05, 4.69) is 10.3 Å². The Kier molecular flexibility index (Phi) is 3.87. The number of pyridine rings is 1. The lowest BCUT2D eigenvalue weighted by atomic mass is 10.1. The molecule has 1 atom stereocenters. The predicted molar refractivity (Wildman–Crippen MR) is 71.4 cm³/mol. The molecule has 2 aliphatic rings. The molecule has 1 N–H and O–H groups in total. The monoisotopic (exact) mass is 329 g/mol. The highest BCUT2D eigenvalue weighted by atomic mass is 19.4. The van der Waals surface area contributed by atoms with Gasteiger partial charge in [-0.2, -0.15) is 13.2 Å². The Balaban J connectivity index is 1.48. The summed E-state index contributed by atoms with van der Waals surface area (Å²) in [5.41, 5.74) is -0.841. The van der Waals surface area contributed by atoms with Gasteiger partial charge in [-0.1, -0.05) is 0 Å². The molecule has 1 aromatic heterocycles. The smallest absolute Gasteiger partial charge is 0.417 e. The van der Waals surface area contributed by atoms with Crippen molar-refractivity contribution in [2.75, 3.05) is 13.1 Å². The lowest BCUT2D eigenvalue weighted by Gasteiger charge is -2.39. The van der Waals surface area contributed by atoms with Gasteiger partial charge in [-0.3, -0.25) is 9.59 Å². The number of carbonyl (C=O) groups excluding carboxylic acids is 2. The summed E-state index contributed by atoms with van der Waals surface area (Å²) < 4.78 is 42.7. The Morgan fingerprint density at radius 1 is 1.35 bits per heavy atom. The van der Waals surface area contributed by atoms with Crippen LogP contribution in [0.15, 0.2) is 18.3 Å². The molecule has 3 heterocycles. The number of hydrogen-bond acceptors (Lipinski definition) is 4. The molecule has 23 heavy (non-hydrogen) atoms. The van der Waals surface area contributed by atoms with Crippen molar-refractivity contribution in [3.05, 3.63) is 23.9 Å². The van der Waals surface area contributed by atoms with Crippen LogP contribution in [0.25, 0.3) is 0 Å². The topological polar surface area (TPSA) is 71.5 Å². The fourth-order valence-corrected chi connectivity index (χ4v) is 2.50. The highest BCUT2D eigenvalue weighted by Crippen LogP contribution is 2.29. The number of halogens is 3. The molecular weight excluding hydrogens is 315 g/mol. The minimum Gasteiger partial charge on any atom is -0.471 e. The molecule has 0 spiro atoms. The summed E-state index contributed by atoms with van der Waals surface area (Å²) in [6.07, 6.45) is -3.19. The standard InChI is InChI=1S/C14H14F3N3O3/c15-14(16,17)8-1-4-12(18-5-8)23-9-6-20(7-9)13(22)10-2-3-11(21)19-10/h1,4-5,9-10H,2-3,6-7H2,(H,19,21). The average molecular weight is 329 g/mol. The Morgan fingerprint density at radius 3 is 2.61 bits per heavy atom. The normalized spacial score (nSPS) is 21.8. The number of aromatic nitrogens is 1. The molecule has 124 valence electrons. The third-order valence-electron chi connectivity index (χ3n) is 3.80. The van der Waals surface area contributed by atoms with Gasteiger partial charge in [0.25, 0.3) is 0 Å². The van der Waals surface area contributed by atoms with Crippen molar-refractivity contribution < 1.29 is 27.5 Å². The largest absolute Gasteiger partial charge is 0.471 e. The molecule has 2 fully saturated rings. The van der Waals surface area contributed by atoms with Crippen LogP contribution in [0.5, 0.6) is 5.88 Å². The van der Waals surface area contributed by atoms with E-state index in [0.29, 0.717) is 32.1 Å². The first-order chi connectivity index (χ1) is 10.8. The SMILES string of the molecule is O=C1CCC(C(=O)N2CC(Oc3ccc(C(F)(F)F)cn3)C2)N1. The Hall–Kier alpha value is -2.32. The van der Waals surface area contributed by atoms with Gasteiger partial charge in [-0.25, -0.2) is 4.98 Å². The molecule has 0 aliphatic carbocycles. The summed E-state index contributed by atoms with van der Waals surface area (Å²) >= 11 is 0. The van der Waals surface area contributed by atoms with E-state index in [4.69, 9.17) is 4.74 Å². The Labute approximate surface area is 129 Å². The van der Waals surface area contributed by atoms with E-state index in [1.807, 2.05) is 0 Å². The van der Waals surface area contributed by atoms with Crippen LogP contribution in [-0.4, -0.2) is 46.9 Å². The molecule has 0 bridgehead atoms. The number of nitrogens with zero attached hydrogens (tertiary/aromatic N) is 2. The zero-order valence-corrected chi connectivity index (χ0v) is 12.0. The lowest BCUT2D eigenvalue weighted by molar-refractivity contribution is -0.143. The van der Waals surface area contributed by atoms with E-state index in [1.165, 1.54) is 0 Å². The second-order valence-electron chi connectivity index (χ2n) is 5.52. The van der Waals surface area contributed by atoms with Crippen LogP contribution in [0.4, 0.5) is 13.2 Å². The zero-order chi connectivity index (χ0) is 16.6. The van der Waals surface area contributed by atoms with Gasteiger partial charge in [0.05, 0.1) is 18.7 Å². The second-order valence-corrected chi connectivity index (χ2v) is 5.52. The van der Waals surface area contributed by atoms with Crippen LogP contribution in [-0.2, 0) is 15.8 Å². The highest BCUT2D eigenvalue weighted by molar-refractivity contribution is 5.91. The fraction of sp³-hybridized carbons (Fsp3) is 0.500. The van der Waals surface area contributed by atoms with Gasteiger partial charge in [0.1, 0.15) is 12.1 Å². The van der Waals surface area contributed by atoms with Gasteiger partial charge >= 0.3 is 6.18 Å². The predicted octanol–water partition coefficient (Wildman–Crippen LogP) is 0.969. The van der Waals surface area contributed by atoms with Crippen molar-refractivity contribution in [2.45, 2.75) is 31.2 Å². The minimum absolute atomic E-state index is 0.0873. The van der Waals surface area contributed by atoms with Crippen molar-refractivity contribution in [3.63, 3.8) is 0 Å². The number of ether oxygens (including phenoxy) is 1. The van der Waals surface area contributed by atoms with Crippen LogP contribution in [0.3, 0.4) is 0 Å². The third-order valence-corrected chi connectivity index (χ3v) is 3.80. The molecule has 0 radical (unpaired) electrons. The van der Waals surface area contributed by atoms with Crippen molar-refractivity contribution >= 4 is 11.8 Å². The molecule has 2 aliphatic heterocycles. The van der Waals surface area contributed by atoms with E-state index < -0.39 is 17.8 Å². The number of amides is 2. The summed E-state index contributed by atoms with van der Waals surface area (Å²) in [6, 6.07) is 1.58. The molecular formula is C14H14F3N3O3. The number of carbonyl (C=O) groups is 2. The van der Waals surface area contributed by atoms with Crippen LogP contribution in [0.1, 0.15) is 18.4 Å². The van der Waals surface area contributed by atoms with E-state index in [9.17, 15) is 22.8 Å². The van der Waals surface area contributed by atoms with Crippen molar-refractivity contribution in [1.82, 2.24) is 15.2 Å². The molecule has 0 aromatic carbocycles. The molecule has 3 rings (SSSR count). The first kappa shape index (κ1) is 15.6. The summed E-state index contributed by atoms with van der Waals surface area (Å²) in [5.74, 6) is -0.203. The van der Waals surface area contributed by atoms with Crippen LogP contribution in [0, 0.1) is 0 Å². The maximum Gasteiger partial charge on any atom is 0.417 e. The van der Waals surface area contributed by atoms with Crippen LogP contribution >= 0.6 is 0 Å². The number of likely N-dealkylation sites (tertiary alicyclic amines) is 1. The lowest BCUT2D eigenvalue weighted by Crippen LogP contribution is -2.59. The maximum atomic E-state index is 12.4. The number of alkyl halides is 3. The Bertz CT molecular complexity index is 612. The molecule has 1 aromatic rings. The van der Waals surface area contributed by atoms with Crippen molar-refractivity contribution in [2.24, 2.45) is 0 Å². The minimum atomic E-state index is -4.43. The molecule has 1 unspecified atom stereocenters. The van der Waals surface area contributed by atoms with Crippen LogP contribution in [0.2, 0.25) is 0 Å². The molecule has 6 nitrogen and oxygen atoms in total. The third kappa shape index (κ3) is 3.38. The summed E-state index contributed by atoms with van der Waals surface area (Å²) in [4.78, 5) is 28.3. The van der Waals surface area contributed by atoms with E-state index >= 15 is 0 Å². The molecule has 2 saturated heterocycles. The summed E-state index contributed by atoms with van der Waals surface area (Å²) in [5, 5.41) is 2.60. The maximum absolute atomic E-state index is 12.4. The quantitative estimate of drug-likeness (QED) is 0.897. The van der Waals surface area contributed by atoms with E-state index in [1.54, 1.807) is 4.90 Å². The first-order valence-electron chi connectivity index (χ1n) is 7.11. The van der Waals surface area contributed by atoms with Gasteiger partial charge in [-0.15, -0.1) is 0 Å². The fourth-order valence-electron chi connectivity index (χ4n) is 2.50. The second kappa shape index (κ2) is 5.71. The van der Waals surface area contributed by atoms with Crippen molar-refractivity contribution in [1.29, 1.82) is 0 Å². The van der Waals surface area contributed by atoms with E-state index in [-0.39, 0.29) is 23.8 Å². The number of hydrogen-bond donors (Lipinski definition) is 1. The summed E-state index contributed by atoms with van der Waals surface area (Å²) in [6.45, 7) is 0.655. The number of nitrogens with one attached hydrogen (secondary N) is 1. The first-order valence-corrected chi connectivity index (χ1v) is 7.11. The van der Waals surface area contributed by atoms with Gasteiger partial charge < -0.3 is 15.0 Å². The number of rotatable bonds is 3. The van der Waals surface area contributed by atoms with Crippen LogP contribution < -0.4 is 10.1 Å². The molecule has 9 heteroatoms. The average Bonchev–Trinajstić information content (AvgIpc) is 2.88. The van der Waals surface area contributed by atoms with E-state index in [0.717, 1.165) is 12.1 Å². The highest BCUT2D eigenvalue weighted by Gasteiger charge is 2.38. The van der Waals surface area contributed by atoms with Gasteiger partial charge in [0, 0.05) is 18.7 Å². The van der Waals surface area contributed by atoms with Gasteiger partial charge in [0.15, 0.2) is 0 Å². The molecule has 2 amide bonds. The van der Waals surface area contributed by atoms with Gasteiger partial charge in [-0.05, 0) is 12.5 Å². The molecule has 0 saturated carbocycles. The summed E-state index contributed by atoms with van der Waals surface area (Å²) in [7, 11) is 0. The van der Waals surface area contributed by atoms with Gasteiger partial charge in [0.2, 0.25) is 17.7 Å².